The van der Waals surface area contributed by atoms with Crippen molar-refractivity contribution in [3.05, 3.63) is 60.4 Å². The van der Waals surface area contributed by atoms with E-state index in [-0.39, 0.29) is 11.5 Å². The van der Waals surface area contributed by atoms with Crippen molar-refractivity contribution in [2.24, 2.45) is 5.10 Å². The van der Waals surface area contributed by atoms with Gasteiger partial charge in [0.05, 0.1) is 41.4 Å². The van der Waals surface area contributed by atoms with Gasteiger partial charge < -0.3 is 13.9 Å². The number of nitro benzene ring substituents is 2. The van der Waals surface area contributed by atoms with Crippen molar-refractivity contribution in [1.29, 1.82) is 0 Å². The third kappa shape index (κ3) is 5.22. The summed E-state index contributed by atoms with van der Waals surface area (Å²) >= 11 is 0. The number of amides is 1. The van der Waals surface area contributed by atoms with Gasteiger partial charge in [-0.05, 0) is 6.07 Å². The molecule has 0 atom stereocenters. The highest BCUT2D eigenvalue weighted by molar-refractivity contribution is 5.81. The van der Waals surface area contributed by atoms with E-state index in [2.05, 4.69) is 5.10 Å². The molecular formula is C14H11N5O10. The zero-order chi connectivity index (χ0) is 21.6. The van der Waals surface area contributed by atoms with Crippen LogP contribution in [0.4, 0.5) is 17.3 Å². The summed E-state index contributed by atoms with van der Waals surface area (Å²) in [5.41, 5.74) is 0.649. The predicted octanol–water partition coefficient (Wildman–Crippen LogP) is 1.54. The van der Waals surface area contributed by atoms with Gasteiger partial charge in [0.1, 0.15) is 4.92 Å². The first kappa shape index (κ1) is 20.7. The van der Waals surface area contributed by atoms with E-state index >= 15 is 0 Å². The molecule has 1 heterocycles. The number of non-ortho nitro benzene ring substituents is 1. The molecule has 0 spiro atoms. The number of nitro groups is 3. The summed E-state index contributed by atoms with van der Waals surface area (Å²) in [6, 6.07) is 3.90. The lowest BCUT2D eigenvalue weighted by atomic mass is 10.2. The molecule has 0 aliphatic rings. The molecule has 2 rings (SSSR count). The molecular weight excluding hydrogens is 398 g/mol. The molecule has 2 aromatic rings. The number of benzene rings is 1. The summed E-state index contributed by atoms with van der Waals surface area (Å²) in [6.45, 7) is -0.745. The van der Waals surface area contributed by atoms with E-state index in [1.807, 2.05) is 5.43 Å². The second-order valence-corrected chi connectivity index (χ2v) is 5.03. The number of nitrogens with one attached hydrogen (secondary N) is 1. The van der Waals surface area contributed by atoms with Crippen LogP contribution in [0.3, 0.4) is 0 Å². The SMILES string of the molecule is COc1cc([N+](=O)[O-])cc([N+](=O)[O-])c1OCC(=O)NN=Cc1ccc([N+](=O)[O-])o1. The number of ether oxygens (including phenoxy) is 2. The van der Waals surface area contributed by atoms with E-state index in [1.54, 1.807) is 0 Å². The first-order chi connectivity index (χ1) is 13.7. The maximum atomic E-state index is 11.8. The molecule has 1 amide bonds. The van der Waals surface area contributed by atoms with E-state index in [0.717, 1.165) is 25.5 Å². The highest BCUT2D eigenvalue weighted by Gasteiger charge is 2.27. The molecule has 0 saturated carbocycles. The molecule has 15 heteroatoms. The molecule has 1 aromatic heterocycles. The fourth-order valence-corrected chi connectivity index (χ4v) is 1.96. The lowest BCUT2D eigenvalue weighted by Gasteiger charge is -2.10. The van der Waals surface area contributed by atoms with Gasteiger partial charge in [-0.25, -0.2) is 5.43 Å². The van der Waals surface area contributed by atoms with Crippen LogP contribution in [-0.2, 0) is 4.79 Å². The summed E-state index contributed by atoms with van der Waals surface area (Å²) in [5, 5.41) is 36.0. The molecule has 0 radical (unpaired) electrons. The van der Waals surface area contributed by atoms with Crippen LogP contribution in [0, 0.1) is 30.3 Å². The molecule has 152 valence electrons. The molecule has 29 heavy (non-hydrogen) atoms. The van der Waals surface area contributed by atoms with Crippen molar-refractivity contribution in [2.75, 3.05) is 13.7 Å². The van der Waals surface area contributed by atoms with Gasteiger partial charge in [-0.15, -0.1) is 0 Å². The van der Waals surface area contributed by atoms with E-state index < -0.39 is 50.3 Å². The van der Waals surface area contributed by atoms with Gasteiger partial charge in [-0.3, -0.25) is 35.1 Å². The summed E-state index contributed by atoms with van der Waals surface area (Å²) in [5.74, 6) is -2.17. The Kier molecular flexibility index (Phi) is 6.36. The van der Waals surface area contributed by atoms with Crippen LogP contribution in [0.1, 0.15) is 5.76 Å². The van der Waals surface area contributed by atoms with Crippen LogP contribution in [0.15, 0.2) is 33.8 Å². The second-order valence-electron chi connectivity index (χ2n) is 5.03. The Balaban J connectivity index is 2.07. The molecule has 0 aliphatic carbocycles. The van der Waals surface area contributed by atoms with Gasteiger partial charge in [0, 0.05) is 0 Å². The number of hydrogen-bond donors (Lipinski definition) is 1. The normalized spacial score (nSPS) is 10.5. The third-order valence-corrected chi connectivity index (χ3v) is 3.17. The average molecular weight is 409 g/mol. The average Bonchev–Trinajstić information content (AvgIpc) is 3.14. The number of nitrogens with zero attached hydrogens (tertiary/aromatic N) is 4. The van der Waals surface area contributed by atoms with Gasteiger partial charge in [0.2, 0.25) is 5.75 Å². The number of hydrazone groups is 1. The topological polar surface area (TPSA) is 202 Å². The second kappa shape index (κ2) is 8.89. The van der Waals surface area contributed by atoms with Crippen molar-refractivity contribution in [1.82, 2.24) is 5.43 Å². The maximum Gasteiger partial charge on any atom is 0.433 e. The zero-order valence-electron chi connectivity index (χ0n) is 14.5. The van der Waals surface area contributed by atoms with Crippen LogP contribution in [0.5, 0.6) is 11.5 Å². The molecule has 15 nitrogen and oxygen atoms in total. The molecule has 0 saturated heterocycles. The minimum atomic E-state index is -0.926. The standard InChI is InChI=1S/C14H11N5O10/c1-27-11-5-8(17(21)22)4-10(18(23)24)14(11)28-7-12(20)16-15-6-9-2-3-13(29-9)19(25)26/h2-6H,7H2,1H3,(H,16,20). The van der Waals surface area contributed by atoms with Crippen LogP contribution in [0.2, 0.25) is 0 Å². The number of methoxy groups -OCH3 is 1. The maximum absolute atomic E-state index is 11.8. The van der Waals surface area contributed by atoms with Crippen molar-refractivity contribution >= 4 is 29.4 Å². The Morgan fingerprint density at radius 1 is 1.17 bits per heavy atom. The Labute approximate surface area is 160 Å². The Hall–Kier alpha value is -4.56. The third-order valence-electron chi connectivity index (χ3n) is 3.17. The number of carbonyl (C=O) groups is 1. The monoisotopic (exact) mass is 409 g/mol. The molecule has 0 aliphatic heterocycles. The summed E-state index contributed by atoms with van der Waals surface area (Å²) < 4.78 is 14.7. The first-order valence-electron chi connectivity index (χ1n) is 7.42. The van der Waals surface area contributed by atoms with Crippen molar-refractivity contribution in [3.8, 4) is 11.5 Å². The van der Waals surface area contributed by atoms with Crippen molar-refractivity contribution in [3.63, 3.8) is 0 Å². The lowest BCUT2D eigenvalue weighted by Crippen LogP contribution is -2.25. The highest BCUT2D eigenvalue weighted by atomic mass is 16.7. The number of furan rings is 1. The van der Waals surface area contributed by atoms with Gasteiger partial charge in [0.15, 0.2) is 18.1 Å². The fourth-order valence-electron chi connectivity index (χ4n) is 1.96. The number of rotatable bonds is 9. The molecule has 1 N–H and O–H groups in total. The number of carbonyl (C=O) groups excluding carboxylic acids is 1. The Bertz CT molecular complexity index is 999. The lowest BCUT2D eigenvalue weighted by molar-refractivity contribution is -0.402. The largest absolute Gasteiger partial charge is 0.492 e. The van der Waals surface area contributed by atoms with Gasteiger partial charge in [-0.1, -0.05) is 0 Å². The zero-order valence-corrected chi connectivity index (χ0v) is 14.5. The molecule has 0 unspecified atom stereocenters. The van der Waals surface area contributed by atoms with E-state index in [9.17, 15) is 35.1 Å². The fraction of sp³-hybridized carbons (Fsp3) is 0.143. The predicted molar refractivity (Wildman–Crippen MR) is 92.9 cm³/mol. The van der Waals surface area contributed by atoms with E-state index in [4.69, 9.17) is 13.9 Å². The molecule has 0 bridgehead atoms. The van der Waals surface area contributed by atoms with Gasteiger partial charge >= 0.3 is 11.6 Å². The summed E-state index contributed by atoms with van der Waals surface area (Å²) in [7, 11) is 1.11. The quantitative estimate of drug-likeness (QED) is 0.359. The Morgan fingerprint density at radius 3 is 2.45 bits per heavy atom. The Morgan fingerprint density at radius 2 is 1.90 bits per heavy atom. The van der Waals surface area contributed by atoms with Crippen LogP contribution >= 0.6 is 0 Å². The van der Waals surface area contributed by atoms with E-state index in [0.29, 0.717) is 6.07 Å². The summed E-state index contributed by atoms with van der Waals surface area (Å²) in [6.07, 6.45) is 0.986. The smallest absolute Gasteiger partial charge is 0.433 e. The molecule has 1 aromatic carbocycles. The minimum absolute atomic E-state index is 0.00871. The van der Waals surface area contributed by atoms with Gasteiger partial charge in [0.25, 0.3) is 11.6 Å². The van der Waals surface area contributed by atoms with Gasteiger partial charge in [-0.2, -0.15) is 5.10 Å². The number of hydrogen-bond acceptors (Lipinski definition) is 11. The van der Waals surface area contributed by atoms with Crippen molar-refractivity contribution < 1.29 is 33.5 Å². The summed E-state index contributed by atoms with van der Waals surface area (Å²) in [4.78, 5) is 41.7. The minimum Gasteiger partial charge on any atom is -0.492 e. The van der Waals surface area contributed by atoms with Crippen molar-refractivity contribution in [2.45, 2.75) is 0 Å². The van der Waals surface area contributed by atoms with Crippen LogP contribution in [-0.4, -0.2) is 40.6 Å². The van der Waals surface area contributed by atoms with Crippen LogP contribution in [0.25, 0.3) is 0 Å². The van der Waals surface area contributed by atoms with E-state index in [1.165, 1.54) is 6.07 Å². The van der Waals surface area contributed by atoms with Crippen LogP contribution < -0.4 is 14.9 Å². The molecule has 0 fully saturated rings. The first-order valence-corrected chi connectivity index (χ1v) is 7.42. The highest BCUT2D eigenvalue weighted by Crippen LogP contribution is 2.40.